The first-order valence-electron chi connectivity index (χ1n) is 8.87. The molecule has 0 bridgehead atoms. The summed E-state index contributed by atoms with van der Waals surface area (Å²) in [7, 11) is 0. The quantitative estimate of drug-likeness (QED) is 0.705. The zero-order chi connectivity index (χ0) is 15.3. The first kappa shape index (κ1) is 16.5. The van der Waals surface area contributed by atoms with E-state index in [4.69, 9.17) is 0 Å². The summed E-state index contributed by atoms with van der Waals surface area (Å²) in [6.07, 6.45) is 7.95. The molecule has 1 heteroatoms. The zero-order valence-electron chi connectivity index (χ0n) is 14.4. The molecule has 0 radical (unpaired) electrons. The molecule has 1 fully saturated rings. The van der Waals surface area contributed by atoms with Gasteiger partial charge in [-0.05, 0) is 49.0 Å². The smallest absolute Gasteiger partial charge is 0.0320 e. The first-order valence-corrected chi connectivity index (χ1v) is 8.87. The summed E-state index contributed by atoms with van der Waals surface area (Å²) in [5.41, 5.74) is 1.96. The molecular weight excluding hydrogens is 254 g/mol. The molecule has 0 heterocycles. The number of hydrogen-bond acceptors (Lipinski definition) is 1. The zero-order valence-corrected chi connectivity index (χ0v) is 14.4. The maximum Gasteiger partial charge on any atom is 0.0320 e. The van der Waals surface area contributed by atoms with Crippen LogP contribution in [0.25, 0.3) is 0 Å². The van der Waals surface area contributed by atoms with E-state index in [1.807, 2.05) is 0 Å². The first-order chi connectivity index (χ1) is 10.1. The van der Waals surface area contributed by atoms with Gasteiger partial charge in [-0.25, -0.2) is 0 Å². The van der Waals surface area contributed by atoms with Gasteiger partial charge in [-0.3, -0.25) is 0 Å². The van der Waals surface area contributed by atoms with Crippen LogP contribution in [0.3, 0.4) is 0 Å². The van der Waals surface area contributed by atoms with Crippen LogP contribution in [0.1, 0.15) is 77.8 Å². The van der Waals surface area contributed by atoms with Gasteiger partial charge in [-0.15, -0.1) is 0 Å². The lowest BCUT2D eigenvalue weighted by Crippen LogP contribution is -2.38. The average molecular weight is 287 g/mol. The van der Waals surface area contributed by atoms with Crippen molar-refractivity contribution >= 4 is 0 Å². The number of nitrogens with one attached hydrogen (secondary N) is 1. The van der Waals surface area contributed by atoms with Crippen molar-refractivity contribution in [3.05, 3.63) is 35.9 Å². The van der Waals surface area contributed by atoms with Gasteiger partial charge in [-0.1, -0.05) is 64.4 Å². The Morgan fingerprint density at radius 3 is 2.19 bits per heavy atom. The van der Waals surface area contributed by atoms with Gasteiger partial charge in [0.25, 0.3) is 0 Å². The minimum Gasteiger partial charge on any atom is -0.307 e. The Kier molecular flexibility index (Phi) is 5.87. The molecule has 1 aromatic carbocycles. The van der Waals surface area contributed by atoms with E-state index in [1.165, 1.54) is 44.1 Å². The topological polar surface area (TPSA) is 12.0 Å². The van der Waals surface area contributed by atoms with Crippen molar-refractivity contribution in [2.75, 3.05) is 0 Å². The molecule has 0 amide bonds. The monoisotopic (exact) mass is 287 g/mol. The van der Waals surface area contributed by atoms with Gasteiger partial charge in [-0.2, -0.15) is 0 Å². The van der Waals surface area contributed by atoms with Crippen LogP contribution < -0.4 is 5.32 Å². The second-order valence-electron chi connectivity index (χ2n) is 7.43. The van der Waals surface area contributed by atoms with Crippen LogP contribution in [0, 0.1) is 11.3 Å². The molecule has 21 heavy (non-hydrogen) atoms. The van der Waals surface area contributed by atoms with E-state index in [9.17, 15) is 0 Å². The fourth-order valence-electron chi connectivity index (χ4n) is 3.75. The van der Waals surface area contributed by atoms with E-state index in [2.05, 4.69) is 63.3 Å². The van der Waals surface area contributed by atoms with Crippen LogP contribution in [0.2, 0.25) is 0 Å². The molecule has 1 saturated carbocycles. The highest BCUT2D eigenvalue weighted by atomic mass is 14.9. The molecule has 1 aliphatic rings. The summed E-state index contributed by atoms with van der Waals surface area (Å²) in [6.45, 7) is 9.53. The van der Waals surface area contributed by atoms with Gasteiger partial charge in [0.05, 0.1) is 0 Å². The Morgan fingerprint density at radius 2 is 1.67 bits per heavy atom. The predicted octanol–water partition coefficient (Wildman–Crippen LogP) is 5.72. The van der Waals surface area contributed by atoms with Crippen LogP contribution in [-0.2, 0) is 0 Å². The van der Waals surface area contributed by atoms with Crippen LogP contribution >= 0.6 is 0 Å². The van der Waals surface area contributed by atoms with Gasteiger partial charge >= 0.3 is 0 Å². The summed E-state index contributed by atoms with van der Waals surface area (Å²) in [6, 6.07) is 12.2. The van der Waals surface area contributed by atoms with Gasteiger partial charge < -0.3 is 5.32 Å². The fraction of sp³-hybridized carbons (Fsp3) is 0.700. The SMILES string of the molecule is CCC(NC1CCC(C(C)(C)CC)CC1)c1ccccc1. The van der Waals surface area contributed by atoms with Crippen molar-refractivity contribution in [3.63, 3.8) is 0 Å². The lowest BCUT2D eigenvalue weighted by Gasteiger charge is -2.40. The van der Waals surface area contributed by atoms with Crippen LogP contribution in [0.15, 0.2) is 30.3 Å². The highest BCUT2D eigenvalue weighted by molar-refractivity contribution is 5.18. The summed E-state index contributed by atoms with van der Waals surface area (Å²) < 4.78 is 0. The standard InChI is InChI=1S/C20H33N/c1-5-19(16-10-8-7-9-11-16)21-18-14-12-17(13-15-18)20(3,4)6-2/h7-11,17-19,21H,5-6,12-15H2,1-4H3. The third-order valence-electron chi connectivity index (χ3n) is 5.79. The maximum atomic E-state index is 3.91. The van der Waals surface area contributed by atoms with Crippen molar-refractivity contribution in [1.82, 2.24) is 5.32 Å². The highest BCUT2D eigenvalue weighted by Crippen LogP contribution is 2.40. The molecule has 1 N–H and O–H groups in total. The van der Waals surface area contributed by atoms with Gasteiger partial charge in [0.2, 0.25) is 0 Å². The molecule has 1 nitrogen and oxygen atoms in total. The average Bonchev–Trinajstić information content (AvgIpc) is 2.54. The predicted molar refractivity (Wildman–Crippen MR) is 92.4 cm³/mol. The molecule has 1 atom stereocenters. The maximum absolute atomic E-state index is 3.91. The van der Waals surface area contributed by atoms with E-state index < -0.39 is 0 Å². The highest BCUT2D eigenvalue weighted by Gasteiger charge is 2.32. The van der Waals surface area contributed by atoms with Crippen molar-refractivity contribution in [3.8, 4) is 0 Å². The van der Waals surface area contributed by atoms with Crippen molar-refractivity contribution in [2.45, 2.75) is 78.3 Å². The van der Waals surface area contributed by atoms with Crippen molar-refractivity contribution in [2.24, 2.45) is 11.3 Å². The molecule has 0 saturated heterocycles. The molecule has 2 rings (SSSR count). The Balaban J connectivity index is 1.88. The molecule has 1 unspecified atom stereocenters. The Labute approximate surface area is 131 Å². The second kappa shape index (κ2) is 7.45. The minimum absolute atomic E-state index is 0.520. The van der Waals surface area contributed by atoms with Gasteiger partial charge in [0, 0.05) is 12.1 Å². The summed E-state index contributed by atoms with van der Waals surface area (Å²) in [4.78, 5) is 0. The van der Waals surface area contributed by atoms with Crippen molar-refractivity contribution < 1.29 is 0 Å². The second-order valence-corrected chi connectivity index (χ2v) is 7.43. The van der Waals surface area contributed by atoms with Crippen LogP contribution in [-0.4, -0.2) is 6.04 Å². The third-order valence-corrected chi connectivity index (χ3v) is 5.79. The van der Waals surface area contributed by atoms with E-state index in [0.717, 1.165) is 5.92 Å². The molecule has 0 aromatic heterocycles. The number of benzene rings is 1. The third kappa shape index (κ3) is 4.32. The summed E-state index contributed by atoms with van der Waals surface area (Å²) >= 11 is 0. The number of hydrogen-bond donors (Lipinski definition) is 1. The Hall–Kier alpha value is -0.820. The molecule has 118 valence electrons. The minimum atomic E-state index is 0.520. The van der Waals surface area contributed by atoms with Crippen LogP contribution in [0.5, 0.6) is 0 Å². The van der Waals surface area contributed by atoms with Gasteiger partial charge in [0.1, 0.15) is 0 Å². The lowest BCUT2D eigenvalue weighted by molar-refractivity contribution is 0.133. The molecule has 0 spiro atoms. The van der Waals surface area contributed by atoms with E-state index in [-0.39, 0.29) is 0 Å². The van der Waals surface area contributed by atoms with E-state index in [1.54, 1.807) is 0 Å². The lowest BCUT2D eigenvalue weighted by atomic mass is 9.69. The van der Waals surface area contributed by atoms with E-state index >= 15 is 0 Å². The largest absolute Gasteiger partial charge is 0.307 e. The molecule has 0 aliphatic heterocycles. The molecule has 1 aliphatic carbocycles. The summed E-state index contributed by atoms with van der Waals surface area (Å²) in [5, 5.41) is 3.91. The molecule has 1 aromatic rings. The Bertz CT molecular complexity index is 401. The fourth-order valence-corrected chi connectivity index (χ4v) is 3.75. The summed E-state index contributed by atoms with van der Waals surface area (Å²) in [5.74, 6) is 0.914. The van der Waals surface area contributed by atoms with Gasteiger partial charge in [0.15, 0.2) is 0 Å². The van der Waals surface area contributed by atoms with Crippen LogP contribution in [0.4, 0.5) is 0 Å². The Morgan fingerprint density at radius 1 is 1.05 bits per heavy atom. The number of rotatable bonds is 6. The van der Waals surface area contributed by atoms with E-state index in [0.29, 0.717) is 17.5 Å². The van der Waals surface area contributed by atoms with Crippen molar-refractivity contribution in [1.29, 1.82) is 0 Å². The normalized spacial score (nSPS) is 24.8. The molecular formula is C20H33N.